The summed E-state index contributed by atoms with van der Waals surface area (Å²) in [4.78, 5) is 22.4. The molecule has 0 aliphatic carbocycles. The average Bonchev–Trinajstić information content (AvgIpc) is 3.57. The van der Waals surface area contributed by atoms with E-state index in [1.54, 1.807) is 24.1 Å². The Morgan fingerprint density at radius 2 is 1.89 bits per heavy atom. The highest BCUT2D eigenvalue weighted by Crippen LogP contribution is 2.35. The van der Waals surface area contributed by atoms with Gasteiger partial charge in [-0.2, -0.15) is 4.31 Å². The summed E-state index contributed by atoms with van der Waals surface area (Å²) in [6.07, 6.45) is 2.48. The van der Waals surface area contributed by atoms with Gasteiger partial charge in [-0.1, -0.05) is 17.4 Å². The van der Waals surface area contributed by atoms with Crippen LogP contribution in [-0.4, -0.2) is 88.6 Å². The molecule has 11 heteroatoms. The maximum atomic E-state index is 13.7. The Labute approximate surface area is 229 Å². The van der Waals surface area contributed by atoms with Crippen LogP contribution in [-0.2, 0) is 14.8 Å². The summed E-state index contributed by atoms with van der Waals surface area (Å²) >= 11 is 1.44. The molecule has 0 saturated carbocycles. The summed E-state index contributed by atoms with van der Waals surface area (Å²) in [7, 11) is 1.85. The van der Waals surface area contributed by atoms with Crippen molar-refractivity contribution in [1.29, 1.82) is 0 Å². The molecule has 1 fully saturated rings. The molecule has 4 rings (SSSR count). The zero-order valence-corrected chi connectivity index (χ0v) is 24.1. The lowest BCUT2D eigenvalue weighted by Crippen LogP contribution is -2.34. The molecule has 1 aliphatic heterocycles. The van der Waals surface area contributed by atoms with Gasteiger partial charge in [0.1, 0.15) is 11.3 Å². The molecule has 0 N–H and O–H groups in total. The molecule has 0 bridgehead atoms. The summed E-state index contributed by atoms with van der Waals surface area (Å²) in [5, 5.41) is 0.587. The number of rotatable bonds is 12. The minimum Gasteiger partial charge on any atom is -0.492 e. The monoisotopic (exact) mass is 560 g/mol. The first-order chi connectivity index (χ1) is 18.2. The smallest absolute Gasteiger partial charge is 0.260 e. The van der Waals surface area contributed by atoms with Crippen LogP contribution >= 0.6 is 11.3 Å². The van der Waals surface area contributed by atoms with Crippen LogP contribution in [0.3, 0.4) is 0 Å². The van der Waals surface area contributed by atoms with E-state index >= 15 is 0 Å². The third-order valence-corrected chi connectivity index (χ3v) is 9.31. The maximum absolute atomic E-state index is 13.7. The van der Waals surface area contributed by atoms with Crippen LogP contribution < -0.4 is 9.64 Å². The van der Waals surface area contributed by atoms with Crippen molar-refractivity contribution >= 4 is 42.6 Å². The number of carbonyl (C=O) groups is 1. The van der Waals surface area contributed by atoms with Gasteiger partial charge in [0.15, 0.2) is 5.13 Å². The molecule has 1 aliphatic rings. The van der Waals surface area contributed by atoms with Crippen molar-refractivity contribution in [3.05, 3.63) is 48.0 Å². The lowest BCUT2D eigenvalue weighted by atomic mass is 10.2. The van der Waals surface area contributed by atoms with Crippen LogP contribution in [0.5, 0.6) is 5.75 Å². The van der Waals surface area contributed by atoms with E-state index < -0.39 is 10.0 Å². The number of nitrogens with zero attached hydrogens (tertiary/aromatic N) is 4. The molecule has 206 valence electrons. The summed E-state index contributed by atoms with van der Waals surface area (Å²) in [6, 6.07) is 11.9. The molecule has 2 aromatic carbocycles. The van der Waals surface area contributed by atoms with Crippen LogP contribution in [0.15, 0.2) is 47.4 Å². The molecule has 1 saturated heterocycles. The SMILES string of the molecule is CCOc1cccc2sc(N(CCCN(C)C)C(=O)c3ccc(S(=O)(=O)N(C)C[C@@H]4CCCO4)cc3)nc12. The van der Waals surface area contributed by atoms with E-state index in [-0.39, 0.29) is 16.9 Å². The Hall–Kier alpha value is -2.57. The van der Waals surface area contributed by atoms with Crippen molar-refractivity contribution in [3.8, 4) is 5.75 Å². The predicted molar refractivity (Wildman–Crippen MR) is 151 cm³/mol. The highest BCUT2D eigenvalue weighted by molar-refractivity contribution is 7.89. The van der Waals surface area contributed by atoms with Crippen LogP contribution in [0.4, 0.5) is 5.13 Å². The number of aromatic nitrogens is 1. The third-order valence-electron chi connectivity index (χ3n) is 6.43. The zero-order valence-electron chi connectivity index (χ0n) is 22.4. The van der Waals surface area contributed by atoms with Crippen molar-refractivity contribution in [2.75, 3.05) is 58.9 Å². The lowest BCUT2D eigenvalue weighted by Gasteiger charge is -2.22. The summed E-state index contributed by atoms with van der Waals surface area (Å²) < 4.78 is 39.8. The Bertz CT molecular complexity index is 1340. The van der Waals surface area contributed by atoms with Gasteiger partial charge < -0.3 is 14.4 Å². The number of likely N-dealkylation sites (N-methyl/N-ethyl adjacent to an activating group) is 1. The predicted octanol–water partition coefficient (Wildman–Crippen LogP) is 4.09. The normalized spacial score (nSPS) is 16.0. The average molecular weight is 561 g/mol. The number of hydrogen-bond acceptors (Lipinski definition) is 8. The lowest BCUT2D eigenvalue weighted by molar-refractivity contribution is 0.0978. The van der Waals surface area contributed by atoms with Crippen molar-refractivity contribution in [3.63, 3.8) is 0 Å². The van der Waals surface area contributed by atoms with E-state index in [0.29, 0.717) is 42.7 Å². The molecule has 38 heavy (non-hydrogen) atoms. The molecule has 9 nitrogen and oxygen atoms in total. The number of amides is 1. The zero-order chi connectivity index (χ0) is 27.3. The van der Waals surface area contributed by atoms with Crippen LogP contribution in [0.2, 0.25) is 0 Å². The highest BCUT2D eigenvalue weighted by Gasteiger charge is 2.27. The fourth-order valence-corrected chi connectivity index (χ4v) is 6.62. The molecular weight excluding hydrogens is 524 g/mol. The van der Waals surface area contributed by atoms with E-state index in [2.05, 4.69) is 4.90 Å². The van der Waals surface area contributed by atoms with Gasteiger partial charge in [-0.05, 0) is 83.2 Å². The van der Waals surface area contributed by atoms with Crippen molar-refractivity contribution in [2.45, 2.75) is 37.2 Å². The number of anilines is 1. The number of ether oxygens (including phenoxy) is 2. The number of thiazole rings is 1. The van der Waals surface area contributed by atoms with Gasteiger partial charge in [0, 0.05) is 32.3 Å². The van der Waals surface area contributed by atoms with Gasteiger partial charge >= 0.3 is 0 Å². The van der Waals surface area contributed by atoms with Crippen molar-refractivity contribution in [1.82, 2.24) is 14.2 Å². The molecular formula is C27H36N4O5S2. The summed E-state index contributed by atoms with van der Waals surface area (Å²) in [5.41, 5.74) is 1.13. The van der Waals surface area contributed by atoms with Crippen LogP contribution in [0.1, 0.15) is 36.5 Å². The van der Waals surface area contributed by atoms with Crippen molar-refractivity contribution in [2.24, 2.45) is 0 Å². The largest absolute Gasteiger partial charge is 0.492 e. The molecule has 1 amide bonds. The van der Waals surface area contributed by atoms with Crippen LogP contribution in [0, 0.1) is 0 Å². The molecule has 2 heterocycles. The second kappa shape index (κ2) is 12.5. The summed E-state index contributed by atoms with van der Waals surface area (Å²) in [5.74, 6) is 0.465. The minimum absolute atomic E-state index is 0.0802. The van der Waals surface area contributed by atoms with Gasteiger partial charge in [-0.3, -0.25) is 9.69 Å². The van der Waals surface area contributed by atoms with Gasteiger partial charge in [0.25, 0.3) is 5.91 Å². The van der Waals surface area contributed by atoms with Gasteiger partial charge in [0.2, 0.25) is 10.0 Å². The van der Waals surface area contributed by atoms with Gasteiger partial charge in [0.05, 0.1) is 22.3 Å². The second-order valence-electron chi connectivity index (χ2n) is 9.59. The molecule has 3 aromatic rings. The number of sulfonamides is 1. The molecule has 1 atom stereocenters. The highest BCUT2D eigenvalue weighted by atomic mass is 32.2. The summed E-state index contributed by atoms with van der Waals surface area (Å²) in [6.45, 7) is 4.72. The van der Waals surface area contributed by atoms with Gasteiger partial charge in [-0.15, -0.1) is 0 Å². The Morgan fingerprint density at radius 1 is 1.13 bits per heavy atom. The van der Waals surface area contributed by atoms with E-state index in [4.69, 9.17) is 14.5 Å². The number of fused-ring (bicyclic) bond motifs is 1. The first-order valence-electron chi connectivity index (χ1n) is 12.9. The van der Waals surface area contributed by atoms with E-state index in [9.17, 15) is 13.2 Å². The number of hydrogen-bond donors (Lipinski definition) is 0. The van der Waals surface area contributed by atoms with Gasteiger partial charge in [-0.25, -0.2) is 13.4 Å². The molecule has 0 radical (unpaired) electrons. The number of benzene rings is 2. The molecule has 1 aromatic heterocycles. The number of para-hydroxylation sites is 1. The quantitative estimate of drug-likeness (QED) is 0.329. The molecule has 0 unspecified atom stereocenters. The maximum Gasteiger partial charge on any atom is 0.260 e. The topological polar surface area (TPSA) is 92.3 Å². The third kappa shape index (κ3) is 6.52. The number of carbonyl (C=O) groups excluding carboxylic acids is 1. The van der Waals surface area contributed by atoms with E-state index in [1.807, 2.05) is 39.2 Å². The Morgan fingerprint density at radius 3 is 2.55 bits per heavy atom. The van der Waals surface area contributed by atoms with E-state index in [0.717, 1.165) is 36.0 Å². The Kier molecular flexibility index (Phi) is 9.37. The first-order valence-corrected chi connectivity index (χ1v) is 15.1. The minimum atomic E-state index is -3.69. The fraction of sp³-hybridized carbons (Fsp3) is 0.481. The fourth-order valence-electron chi connectivity index (χ4n) is 4.41. The second-order valence-corrected chi connectivity index (χ2v) is 12.6. The first kappa shape index (κ1) is 28.4. The van der Waals surface area contributed by atoms with Crippen molar-refractivity contribution < 1.29 is 22.7 Å². The molecule has 0 spiro atoms. The Balaban J connectivity index is 1.58. The van der Waals surface area contributed by atoms with E-state index in [1.165, 1.54) is 27.8 Å². The standard InChI is InChI=1S/C27H36N4O5S2/c1-5-35-23-10-6-11-24-25(23)28-27(37-24)31(17-8-16-29(2)3)26(32)20-12-14-22(15-13-20)38(33,34)30(4)19-21-9-7-18-36-21/h6,10-15,21H,5,7-9,16-19H2,1-4H3/t21-/m0/s1. The van der Waals surface area contributed by atoms with Crippen LogP contribution in [0.25, 0.3) is 10.2 Å².